The van der Waals surface area contributed by atoms with Crippen molar-refractivity contribution in [2.75, 3.05) is 13.2 Å². The largest absolute Gasteiger partial charge is 0.424 e. The van der Waals surface area contributed by atoms with E-state index in [-0.39, 0.29) is 13.2 Å². The molecule has 0 saturated carbocycles. The zero-order valence-corrected chi connectivity index (χ0v) is 8.32. The molecule has 6 heteroatoms. The Balaban J connectivity index is 2.47. The molecule has 0 aliphatic heterocycles. The van der Waals surface area contributed by atoms with Crippen molar-refractivity contribution in [3.63, 3.8) is 0 Å². The van der Waals surface area contributed by atoms with Gasteiger partial charge in [-0.3, -0.25) is 5.32 Å². The van der Waals surface area contributed by atoms with Crippen molar-refractivity contribution in [3.8, 4) is 0 Å². The molecule has 0 aromatic carbocycles. The van der Waals surface area contributed by atoms with E-state index in [9.17, 15) is 0 Å². The highest BCUT2D eigenvalue weighted by Crippen LogP contribution is 2.04. The highest BCUT2D eigenvalue weighted by atomic mass is 16.4. The second-order valence-electron chi connectivity index (χ2n) is 3.45. The molecule has 0 amide bonds. The zero-order chi connectivity index (χ0) is 10.6. The average molecular weight is 201 g/mol. The summed E-state index contributed by atoms with van der Waals surface area (Å²) in [5, 5.41) is 28.3. The number of aliphatic hydroxyl groups excluding tert-OH is 2. The van der Waals surface area contributed by atoms with Gasteiger partial charge in [0.15, 0.2) is 0 Å². The first-order valence-corrected chi connectivity index (χ1v) is 4.35. The molecule has 0 atom stereocenters. The summed E-state index contributed by atoms with van der Waals surface area (Å²) in [5.74, 6) is 0.937. The van der Waals surface area contributed by atoms with Crippen molar-refractivity contribution in [1.82, 2.24) is 15.5 Å². The van der Waals surface area contributed by atoms with E-state index in [0.717, 1.165) is 0 Å². The number of rotatable bonds is 5. The summed E-state index contributed by atoms with van der Waals surface area (Å²) in [6, 6.07) is 0. The van der Waals surface area contributed by atoms with Gasteiger partial charge in [0.05, 0.1) is 25.3 Å². The minimum Gasteiger partial charge on any atom is -0.424 e. The molecule has 0 radical (unpaired) electrons. The van der Waals surface area contributed by atoms with E-state index in [4.69, 9.17) is 14.6 Å². The van der Waals surface area contributed by atoms with Crippen LogP contribution in [0.2, 0.25) is 0 Å². The molecule has 0 spiro atoms. The molecule has 1 aromatic rings. The molecule has 0 unspecified atom stereocenters. The molecule has 3 N–H and O–H groups in total. The van der Waals surface area contributed by atoms with Gasteiger partial charge in [-0.15, -0.1) is 10.2 Å². The van der Waals surface area contributed by atoms with Crippen LogP contribution in [0.5, 0.6) is 0 Å². The third kappa shape index (κ3) is 2.76. The fourth-order valence-electron chi connectivity index (χ4n) is 0.860. The van der Waals surface area contributed by atoms with Crippen LogP contribution in [0.1, 0.15) is 18.7 Å². The van der Waals surface area contributed by atoms with Crippen molar-refractivity contribution in [1.29, 1.82) is 0 Å². The topological polar surface area (TPSA) is 91.4 Å². The van der Waals surface area contributed by atoms with Gasteiger partial charge in [0.1, 0.15) is 0 Å². The molecule has 1 aromatic heterocycles. The lowest BCUT2D eigenvalue weighted by atomic mass is 10.1. The van der Waals surface area contributed by atoms with Gasteiger partial charge in [-0.05, 0) is 6.92 Å². The van der Waals surface area contributed by atoms with Crippen LogP contribution in [0, 0.1) is 6.92 Å². The van der Waals surface area contributed by atoms with Crippen molar-refractivity contribution < 1.29 is 14.6 Å². The Morgan fingerprint density at radius 1 is 1.36 bits per heavy atom. The van der Waals surface area contributed by atoms with E-state index in [1.54, 1.807) is 13.8 Å². The molecule has 1 heterocycles. The summed E-state index contributed by atoms with van der Waals surface area (Å²) in [6.07, 6.45) is 0. The van der Waals surface area contributed by atoms with E-state index >= 15 is 0 Å². The lowest BCUT2D eigenvalue weighted by molar-refractivity contribution is 0.101. The van der Waals surface area contributed by atoms with E-state index in [0.29, 0.717) is 18.3 Å². The van der Waals surface area contributed by atoms with E-state index in [2.05, 4.69) is 15.5 Å². The number of hydrogen-bond acceptors (Lipinski definition) is 6. The number of hydrogen-bond donors (Lipinski definition) is 3. The fraction of sp³-hybridized carbons (Fsp3) is 0.750. The predicted octanol–water partition coefficient (Wildman–Crippen LogP) is -0.789. The van der Waals surface area contributed by atoms with Gasteiger partial charge >= 0.3 is 0 Å². The van der Waals surface area contributed by atoms with Gasteiger partial charge in [-0.1, -0.05) is 0 Å². The molecule has 80 valence electrons. The van der Waals surface area contributed by atoms with Crippen molar-refractivity contribution in [2.45, 2.75) is 25.9 Å². The van der Waals surface area contributed by atoms with Crippen molar-refractivity contribution in [2.24, 2.45) is 0 Å². The van der Waals surface area contributed by atoms with Gasteiger partial charge in [0.25, 0.3) is 0 Å². The Labute approximate surface area is 82.0 Å². The smallest absolute Gasteiger partial charge is 0.230 e. The normalized spacial score (nSPS) is 12.0. The number of aliphatic hydroxyl groups is 2. The van der Waals surface area contributed by atoms with Crippen LogP contribution in [-0.2, 0) is 6.54 Å². The third-order valence-corrected chi connectivity index (χ3v) is 1.93. The summed E-state index contributed by atoms with van der Waals surface area (Å²) in [5.41, 5.74) is -0.720. The summed E-state index contributed by atoms with van der Waals surface area (Å²) in [4.78, 5) is 0. The quantitative estimate of drug-likeness (QED) is 0.578. The minimum atomic E-state index is -0.720. The number of aromatic nitrogens is 2. The first kappa shape index (κ1) is 11.1. The maximum atomic E-state index is 8.98. The second-order valence-corrected chi connectivity index (χ2v) is 3.45. The van der Waals surface area contributed by atoms with E-state index in [1.807, 2.05) is 0 Å². The van der Waals surface area contributed by atoms with Crippen molar-refractivity contribution in [3.05, 3.63) is 11.8 Å². The number of nitrogens with one attached hydrogen (secondary N) is 1. The van der Waals surface area contributed by atoms with Gasteiger partial charge in [0, 0.05) is 6.92 Å². The molecule has 1 rings (SSSR count). The lowest BCUT2D eigenvalue weighted by Crippen LogP contribution is -2.48. The summed E-state index contributed by atoms with van der Waals surface area (Å²) in [6.45, 7) is 3.43. The molecule has 0 bridgehead atoms. The van der Waals surface area contributed by atoms with Crippen LogP contribution >= 0.6 is 0 Å². The van der Waals surface area contributed by atoms with Crippen LogP contribution in [0.3, 0.4) is 0 Å². The van der Waals surface area contributed by atoms with Crippen LogP contribution in [0.4, 0.5) is 0 Å². The van der Waals surface area contributed by atoms with Crippen LogP contribution < -0.4 is 5.32 Å². The first-order chi connectivity index (χ1) is 6.59. The average Bonchev–Trinajstić information content (AvgIpc) is 2.61. The maximum Gasteiger partial charge on any atom is 0.230 e. The molecular weight excluding hydrogens is 186 g/mol. The Hall–Kier alpha value is -0.980. The fourth-order valence-corrected chi connectivity index (χ4v) is 0.860. The maximum absolute atomic E-state index is 8.98. The highest BCUT2D eigenvalue weighted by Gasteiger charge is 2.22. The summed E-state index contributed by atoms with van der Waals surface area (Å²) >= 11 is 0. The Kier molecular flexibility index (Phi) is 3.56. The molecule has 0 saturated heterocycles. The Morgan fingerprint density at radius 2 is 2.00 bits per heavy atom. The monoisotopic (exact) mass is 201 g/mol. The van der Waals surface area contributed by atoms with Crippen molar-refractivity contribution >= 4 is 0 Å². The van der Waals surface area contributed by atoms with Crippen LogP contribution in [0.15, 0.2) is 4.42 Å². The van der Waals surface area contributed by atoms with Gasteiger partial charge in [-0.2, -0.15) is 0 Å². The molecule has 0 aliphatic carbocycles. The summed E-state index contributed by atoms with van der Waals surface area (Å²) < 4.78 is 5.12. The Morgan fingerprint density at radius 3 is 2.43 bits per heavy atom. The standard InChI is InChI=1S/C8H15N3O3/c1-6-10-11-7(14-6)3-9-8(2,4-12)5-13/h9,12-13H,3-5H2,1-2H3. The predicted molar refractivity (Wildman–Crippen MR) is 48.5 cm³/mol. The van der Waals surface area contributed by atoms with Gasteiger partial charge in [-0.25, -0.2) is 0 Å². The summed E-state index contributed by atoms with van der Waals surface area (Å²) in [7, 11) is 0. The van der Waals surface area contributed by atoms with Gasteiger partial charge < -0.3 is 14.6 Å². The molecule has 6 nitrogen and oxygen atoms in total. The van der Waals surface area contributed by atoms with Crippen LogP contribution in [-0.4, -0.2) is 39.2 Å². The molecule has 0 fully saturated rings. The SMILES string of the molecule is Cc1nnc(CNC(C)(CO)CO)o1. The van der Waals surface area contributed by atoms with Crippen LogP contribution in [0.25, 0.3) is 0 Å². The number of nitrogens with zero attached hydrogens (tertiary/aromatic N) is 2. The van der Waals surface area contributed by atoms with Gasteiger partial charge in [0.2, 0.25) is 11.8 Å². The third-order valence-electron chi connectivity index (χ3n) is 1.93. The Bertz CT molecular complexity index is 283. The molecule has 0 aliphatic rings. The highest BCUT2D eigenvalue weighted by molar-refractivity contribution is 4.85. The molecule has 14 heavy (non-hydrogen) atoms. The van der Waals surface area contributed by atoms with E-state index in [1.165, 1.54) is 0 Å². The van der Waals surface area contributed by atoms with E-state index < -0.39 is 5.54 Å². The molecular formula is C8H15N3O3. The zero-order valence-electron chi connectivity index (χ0n) is 8.32. The first-order valence-electron chi connectivity index (χ1n) is 4.35. The number of aryl methyl sites for hydroxylation is 1. The second kappa shape index (κ2) is 4.50. The minimum absolute atomic E-state index is 0.156. The lowest BCUT2D eigenvalue weighted by Gasteiger charge is -2.25.